The molecule has 0 bridgehead atoms. The van der Waals surface area contributed by atoms with Gasteiger partial charge in [0, 0.05) is 11.6 Å². The molecule has 0 fully saturated rings. The zero-order valence-electron chi connectivity index (χ0n) is 19.8. The zero-order chi connectivity index (χ0) is 24.9. The van der Waals surface area contributed by atoms with E-state index >= 15 is 0 Å². The second-order valence-electron chi connectivity index (χ2n) is 8.14. The minimum Gasteiger partial charge on any atom is -0.493 e. The Bertz CT molecular complexity index is 1320. The fourth-order valence-electron chi connectivity index (χ4n) is 3.89. The molecule has 7 nitrogen and oxygen atoms in total. The van der Waals surface area contributed by atoms with Gasteiger partial charge in [0.1, 0.15) is 23.1 Å². The highest BCUT2D eigenvalue weighted by molar-refractivity contribution is 5.91. The van der Waals surface area contributed by atoms with Crippen LogP contribution in [0.4, 0.5) is 0 Å². The van der Waals surface area contributed by atoms with Crippen LogP contribution < -0.4 is 24.7 Å². The summed E-state index contributed by atoms with van der Waals surface area (Å²) >= 11 is 0. The van der Waals surface area contributed by atoms with E-state index in [1.807, 2.05) is 44.2 Å². The molecule has 1 atom stereocenters. The fourth-order valence-corrected chi connectivity index (χ4v) is 3.89. The first-order chi connectivity index (χ1) is 16.9. The lowest BCUT2D eigenvalue weighted by atomic mass is 9.83. The Hall–Kier alpha value is -4.44. The summed E-state index contributed by atoms with van der Waals surface area (Å²) in [6, 6.07) is 19.9. The molecule has 178 valence electrons. The van der Waals surface area contributed by atoms with Gasteiger partial charge in [0.25, 0.3) is 0 Å². The maximum Gasteiger partial charge on any atom is 0.343 e. The molecule has 1 heterocycles. The summed E-state index contributed by atoms with van der Waals surface area (Å²) in [6.45, 7) is 4.54. The number of carbonyl (C=O) groups is 1. The first-order valence-electron chi connectivity index (χ1n) is 11.3. The van der Waals surface area contributed by atoms with Crippen LogP contribution in [0.1, 0.15) is 46.3 Å². The molecule has 1 aliphatic heterocycles. The molecule has 0 saturated carbocycles. The second kappa shape index (κ2) is 10.2. The molecule has 0 aromatic heterocycles. The van der Waals surface area contributed by atoms with Gasteiger partial charge >= 0.3 is 5.97 Å². The summed E-state index contributed by atoms with van der Waals surface area (Å²) in [5.41, 5.74) is 9.41. The summed E-state index contributed by atoms with van der Waals surface area (Å²) in [6.07, 6.45) is 0.868. The molecule has 1 unspecified atom stereocenters. The highest BCUT2D eigenvalue weighted by Gasteiger charge is 2.31. The van der Waals surface area contributed by atoms with E-state index in [-0.39, 0.29) is 11.5 Å². The zero-order valence-corrected chi connectivity index (χ0v) is 19.8. The van der Waals surface area contributed by atoms with Crippen LogP contribution in [0.25, 0.3) is 0 Å². The second-order valence-corrected chi connectivity index (χ2v) is 8.14. The van der Waals surface area contributed by atoms with Crippen molar-refractivity contribution in [2.75, 3.05) is 13.7 Å². The Balaban J connectivity index is 1.68. The van der Waals surface area contributed by atoms with Crippen LogP contribution in [0.5, 0.6) is 23.0 Å². The Kier molecular flexibility index (Phi) is 6.93. The number of hydrogen-bond donors (Lipinski definition) is 1. The van der Waals surface area contributed by atoms with Gasteiger partial charge in [-0.05, 0) is 49.2 Å². The normalized spacial score (nSPS) is 14.4. The number of hydrogen-bond acceptors (Lipinski definition) is 7. The highest BCUT2D eigenvalue weighted by Crippen LogP contribution is 2.45. The molecule has 35 heavy (non-hydrogen) atoms. The summed E-state index contributed by atoms with van der Waals surface area (Å²) in [4.78, 5) is 12.6. The van der Waals surface area contributed by atoms with Crippen LogP contribution in [0.15, 0.2) is 72.1 Å². The highest BCUT2D eigenvalue weighted by atomic mass is 16.5. The lowest BCUT2D eigenvalue weighted by Gasteiger charge is -2.27. The number of nitrogens with two attached hydrogens (primary N) is 1. The molecule has 1 aliphatic rings. The average Bonchev–Trinajstić information content (AvgIpc) is 2.86. The molecule has 0 aliphatic carbocycles. The smallest absolute Gasteiger partial charge is 0.343 e. The number of aryl methyl sites for hydroxylation is 1. The first-order valence-corrected chi connectivity index (χ1v) is 11.3. The number of allylic oxidation sites excluding steroid dienone is 1. The number of methoxy groups -OCH3 is 1. The monoisotopic (exact) mass is 470 g/mol. The molecule has 0 spiro atoms. The van der Waals surface area contributed by atoms with Gasteiger partial charge in [0.05, 0.1) is 25.2 Å². The average molecular weight is 471 g/mol. The maximum atomic E-state index is 12.6. The van der Waals surface area contributed by atoms with Crippen molar-refractivity contribution < 1.29 is 23.7 Å². The maximum absolute atomic E-state index is 12.6. The molecule has 7 heteroatoms. The Morgan fingerprint density at radius 3 is 2.54 bits per heavy atom. The number of ether oxygens (including phenoxy) is 4. The number of rotatable bonds is 7. The van der Waals surface area contributed by atoms with Gasteiger partial charge in [-0.2, -0.15) is 5.26 Å². The van der Waals surface area contributed by atoms with Crippen molar-refractivity contribution in [1.82, 2.24) is 0 Å². The van der Waals surface area contributed by atoms with Crippen molar-refractivity contribution in [2.45, 2.75) is 26.2 Å². The minimum absolute atomic E-state index is 0.00251. The third-order valence-electron chi connectivity index (χ3n) is 5.67. The topological polar surface area (TPSA) is 104 Å². The predicted octanol–water partition coefficient (Wildman–Crippen LogP) is 5.23. The van der Waals surface area contributed by atoms with E-state index in [1.54, 1.807) is 37.4 Å². The largest absolute Gasteiger partial charge is 0.493 e. The number of carbonyl (C=O) groups excluding carboxylic acids is 1. The van der Waals surface area contributed by atoms with Gasteiger partial charge < -0.3 is 24.7 Å². The molecule has 0 amide bonds. The van der Waals surface area contributed by atoms with Crippen LogP contribution in [-0.4, -0.2) is 19.7 Å². The van der Waals surface area contributed by atoms with Gasteiger partial charge in [-0.1, -0.05) is 36.8 Å². The van der Waals surface area contributed by atoms with Crippen molar-refractivity contribution in [2.24, 2.45) is 5.73 Å². The van der Waals surface area contributed by atoms with Crippen LogP contribution in [0, 0.1) is 18.3 Å². The summed E-state index contributed by atoms with van der Waals surface area (Å²) in [7, 11) is 1.57. The van der Waals surface area contributed by atoms with E-state index in [0.29, 0.717) is 35.2 Å². The van der Waals surface area contributed by atoms with Gasteiger partial charge in [-0.15, -0.1) is 0 Å². The van der Waals surface area contributed by atoms with Crippen molar-refractivity contribution in [3.8, 4) is 29.1 Å². The standard InChI is InChI=1S/C28H26N2O5/c1-4-13-33-23-12-9-19(14-25(23)32-3)26-21-11-10-20(15-24(21)35-27(30)22(26)16-29)34-28(31)18-7-5-17(2)6-8-18/h5-12,14-15,26H,4,13,30H2,1-3H3. The van der Waals surface area contributed by atoms with E-state index in [4.69, 9.17) is 24.7 Å². The third kappa shape index (κ3) is 4.92. The summed E-state index contributed by atoms with van der Waals surface area (Å²) < 4.78 is 22.6. The Labute approximate surface area is 204 Å². The molecule has 0 saturated heterocycles. The van der Waals surface area contributed by atoms with Gasteiger partial charge in [-0.3, -0.25) is 0 Å². The summed E-state index contributed by atoms with van der Waals surface area (Å²) in [5, 5.41) is 9.84. The quantitative estimate of drug-likeness (QED) is 0.372. The van der Waals surface area contributed by atoms with E-state index in [9.17, 15) is 10.1 Å². The van der Waals surface area contributed by atoms with Crippen molar-refractivity contribution in [3.05, 3.63) is 94.4 Å². The number of nitrogens with zero attached hydrogens (tertiary/aromatic N) is 1. The lowest BCUT2D eigenvalue weighted by Crippen LogP contribution is -2.21. The molecular weight excluding hydrogens is 444 g/mol. The molecule has 4 rings (SSSR count). The fraction of sp³-hybridized carbons (Fsp3) is 0.214. The Morgan fingerprint density at radius 1 is 1.09 bits per heavy atom. The lowest BCUT2D eigenvalue weighted by molar-refractivity contribution is 0.0734. The minimum atomic E-state index is -0.486. The molecular formula is C28H26N2O5. The van der Waals surface area contributed by atoms with E-state index in [0.717, 1.165) is 23.1 Å². The van der Waals surface area contributed by atoms with Crippen LogP contribution in [0.2, 0.25) is 0 Å². The van der Waals surface area contributed by atoms with Crippen LogP contribution in [0.3, 0.4) is 0 Å². The molecule has 3 aromatic rings. The Morgan fingerprint density at radius 2 is 1.86 bits per heavy atom. The molecule has 0 radical (unpaired) electrons. The SMILES string of the molecule is CCCOc1ccc(C2C(C#N)=C(N)Oc3cc(OC(=O)c4ccc(C)cc4)ccc32)cc1OC. The van der Waals surface area contributed by atoms with Crippen molar-refractivity contribution in [1.29, 1.82) is 5.26 Å². The first kappa shape index (κ1) is 23.7. The van der Waals surface area contributed by atoms with E-state index in [1.165, 1.54) is 0 Å². The van der Waals surface area contributed by atoms with Gasteiger partial charge in [0.2, 0.25) is 5.88 Å². The number of nitriles is 1. The van der Waals surface area contributed by atoms with Gasteiger partial charge in [-0.25, -0.2) is 4.79 Å². The van der Waals surface area contributed by atoms with E-state index < -0.39 is 11.9 Å². The predicted molar refractivity (Wildman–Crippen MR) is 131 cm³/mol. The third-order valence-corrected chi connectivity index (χ3v) is 5.67. The molecule has 3 aromatic carbocycles. The number of esters is 1. The van der Waals surface area contributed by atoms with Crippen LogP contribution >= 0.6 is 0 Å². The van der Waals surface area contributed by atoms with Crippen molar-refractivity contribution in [3.63, 3.8) is 0 Å². The van der Waals surface area contributed by atoms with Crippen molar-refractivity contribution >= 4 is 5.97 Å². The van der Waals surface area contributed by atoms with Crippen LogP contribution in [-0.2, 0) is 0 Å². The summed E-state index contributed by atoms with van der Waals surface area (Å²) in [5.74, 6) is 0.929. The van der Waals surface area contributed by atoms with E-state index in [2.05, 4.69) is 6.07 Å². The number of fused-ring (bicyclic) bond motifs is 1. The van der Waals surface area contributed by atoms with Gasteiger partial charge in [0.15, 0.2) is 11.5 Å². The number of benzene rings is 3. The molecule has 2 N–H and O–H groups in total.